The number of hydrogen-bond acceptors (Lipinski definition) is 3. The Hall–Kier alpha value is -1.10. The molecule has 2 heterocycles. The Morgan fingerprint density at radius 2 is 1.94 bits per heavy atom. The minimum absolute atomic E-state index is 0.136. The summed E-state index contributed by atoms with van der Waals surface area (Å²) in [5, 5.41) is 9.04. The summed E-state index contributed by atoms with van der Waals surface area (Å²) >= 11 is 0. The molecule has 0 aromatic heterocycles. The van der Waals surface area contributed by atoms with Crippen molar-refractivity contribution in [2.24, 2.45) is 5.92 Å². The van der Waals surface area contributed by atoms with Crippen LogP contribution in [0.2, 0.25) is 0 Å². The maximum absolute atomic E-state index is 11.9. The number of carbonyl (C=O) groups is 2. The third-order valence-corrected chi connectivity index (χ3v) is 3.92. The summed E-state index contributed by atoms with van der Waals surface area (Å²) in [4.78, 5) is 26.9. The van der Waals surface area contributed by atoms with Crippen molar-refractivity contribution in [3.63, 3.8) is 0 Å². The Kier molecular flexibility index (Phi) is 3.66. The van der Waals surface area contributed by atoms with E-state index in [4.69, 9.17) is 5.11 Å². The van der Waals surface area contributed by atoms with Crippen molar-refractivity contribution in [1.82, 2.24) is 9.80 Å². The van der Waals surface area contributed by atoms with E-state index in [1.807, 2.05) is 4.90 Å². The number of nitrogens with zero attached hydrogens (tertiary/aromatic N) is 2. The predicted octanol–water partition coefficient (Wildman–Crippen LogP) is 0.404. The molecule has 2 aliphatic rings. The molecule has 0 aliphatic carbocycles. The highest BCUT2D eigenvalue weighted by molar-refractivity contribution is 5.80. The van der Waals surface area contributed by atoms with E-state index in [0.717, 1.165) is 25.9 Å². The number of likely N-dealkylation sites (tertiary alicyclic amines) is 2. The van der Waals surface area contributed by atoms with Crippen LogP contribution in [0.15, 0.2) is 0 Å². The molecule has 2 fully saturated rings. The summed E-state index contributed by atoms with van der Waals surface area (Å²) < 4.78 is 0. The van der Waals surface area contributed by atoms with E-state index < -0.39 is 5.97 Å². The summed E-state index contributed by atoms with van der Waals surface area (Å²) in [6, 6.07) is 0.251. The number of carboxylic acids is 1. The smallest absolute Gasteiger partial charge is 0.308 e. The van der Waals surface area contributed by atoms with Gasteiger partial charge in [-0.3, -0.25) is 9.59 Å². The van der Waals surface area contributed by atoms with Gasteiger partial charge in [0.05, 0.1) is 5.92 Å². The van der Waals surface area contributed by atoms with Crippen molar-refractivity contribution >= 4 is 11.9 Å². The average Bonchev–Trinajstić information content (AvgIpc) is 2.31. The van der Waals surface area contributed by atoms with Crippen LogP contribution in [0.1, 0.15) is 25.7 Å². The van der Waals surface area contributed by atoms with Gasteiger partial charge in [0.15, 0.2) is 0 Å². The molecular formula is C12H20N2O3. The highest BCUT2D eigenvalue weighted by atomic mass is 16.4. The molecule has 1 atom stereocenters. The maximum Gasteiger partial charge on any atom is 0.308 e. The van der Waals surface area contributed by atoms with E-state index in [2.05, 4.69) is 11.9 Å². The van der Waals surface area contributed by atoms with E-state index >= 15 is 0 Å². The zero-order chi connectivity index (χ0) is 12.4. The highest BCUT2D eigenvalue weighted by Gasteiger charge is 2.34. The van der Waals surface area contributed by atoms with Crippen molar-refractivity contribution in [2.75, 3.05) is 26.7 Å². The quantitative estimate of drug-likeness (QED) is 0.759. The number of carbonyl (C=O) groups excluding carboxylic acids is 1. The number of hydrogen-bond donors (Lipinski definition) is 1. The molecular weight excluding hydrogens is 220 g/mol. The standard InChI is InChI=1S/C12H20N2O3/c1-13-6-4-10(5-7-13)14-8-9(12(16)17)2-3-11(14)15/h9-10H,2-8H2,1H3,(H,16,17). The van der Waals surface area contributed by atoms with Gasteiger partial charge in [-0.05, 0) is 39.4 Å². The third-order valence-electron chi connectivity index (χ3n) is 3.92. The molecule has 0 aromatic carbocycles. The molecule has 1 N–H and O–H groups in total. The second-order valence-corrected chi connectivity index (χ2v) is 5.15. The third kappa shape index (κ3) is 2.77. The number of amides is 1. The molecule has 0 spiro atoms. The Bertz CT molecular complexity index is 311. The van der Waals surface area contributed by atoms with Gasteiger partial charge in [0, 0.05) is 19.0 Å². The SMILES string of the molecule is CN1CCC(N2CC(C(=O)O)CCC2=O)CC1. The van der Waals surface area contributed by atoms with Crippen LogP contribution in [-0.2, 0) is 9.59 Å². The van der Waals surface area contributed by atoms with Crippen molar-refractivity contribution in [2.45, 2.75) is 31.7 Å². The molecule has 1 amide bonds. The van der Waals surface area contributed by atoms with Gasteiger partial charge in [-0.15, -0.1) is 0 Å². The van der Waals surface area contributed by atoms with Crippen LogP contribution in [0.4, 0.5) is 0 Å². The lowest BCUT2D eigenvalue weighted by Gasteiger charge is -2.40. The molecule has 5 nitrogen and oxygen atoms in total. The molecule has 2 aliphatic heterocycles. The van der Waals surface area contributed by atoms with Crippen LogP contribution >= 0.6 is 0 Å². The van der Waals surface area contributed by atoms with Crippen LogP contribution in [0.5, 0.6) is 0 Å². The highest BCUT2D eigenvalue weighted by Crippen LogP contribution is 2.24. The predicted molar refractivity (Wildman–Crippen MR) is 62.6 cm³/mol. The van der Waals surface area contributed by atoms with Gasteiger partial charge >= 0.3 is 5.97 Å². The van der Waals surface area contributed by atoms with Gasteiger partial charge in [-0.25, -0.2) is 0 Å². The maximum atomic E-state index is 11.9. The molecule has 0 aromatic rings. The van der Waals surface area contributed by atoms with Crippen LogP contribution in [-0.4, -0.2) is 59.5 Å². The summed E-state index contributed by atoms with van der Waals surface area (Å²) in [6.07, 6.45) is 2.82. The molecule has 5 heteroatoms. The van der Waals surface area contributed by atoms with E-state index in [0.29, 0.717) is 19.4 Å². The largest absolute Gasteiger partial charge is 0.481 e. The van der Waals surface area contributed by atoms with Crippen LogP contribution in [0.25, 0.3) is 0 Å². The first kappa shape index (κ1) is 12.4. The number of carboxylic acid groups (broad SMARTS) is 1. The van der Waals surface area contributed by atoms with Gasteiger partial charge in [0.2, 0.25) is 5.91 Å². The molecule has 0 saturated carbocycles. The fourth-order valence-corrected chi connectivity index (χ4v) is 2.73. The van der Waals surface area contributed by atoms with Crippen molar-refractivity contribution < 1.29 is 14.7 Å². The molecule has 2 rings (SSSR count). The van der Waals surface area contributed by atoms with Gasteiger partial charge < -0.3 is 14.9 Å². The molecule has 2 saturated heterocycles. The number of piperidine rings is 2. The summed E-state index contributed by atoms with van der Waals surface area (Å²) in [5.74, 6) is -1.00. The second kappa shape index (κ2) is 5.04. The lowest BCUT2D eigenvalue weighted by molar-refractivity contribution is -0.149. The normalized spacial score (nSPS) is 28.4. The van der Waals surface area contributed by atoms with Crippen LogP contribution < -0.4 is 0 Å². The van der Waals surface area contributed by atoms with E-state index in [-0.39, 0.29) is 17.9 Å². The lowest BCUT2D eigenvalue weighted by atomic mass is 9.93. The van der Waals surface area contributed by atoms with Crippen molar-refractivity contribution in [3.8, 4) is 0 Å². The Labute approximate surface area is 101 Å². The second-order valence-electron chi connectivity index (χ2n) is 5.15. The summed E-state index contributed by atoms with van der Waals surface area (Å²) in [6.45, 7) is 2.39. The first-order chi connectivity index (χ1) is 8.08. The van der Waals surface area contributed by atoms with E-state index in [1.165, 1.54) is 0 Å². The van der Waals surface area contributed by atoms with Gasteiger partial charge in [-0.1, -0.05) is 0 Å². The first-order valence-corrected chi connectivity index (χ1v) is 6.28. The fourth-order valence-electron chi connectivity index (χ4n) is 2.73. The topological polar surface area (TPSA) is 60.9 Å². The van der Waals surface area contributed by atoms with Crippen molar-refractivity contribution in [3.05, 3.63) is 0 Å². The van der Waals surface area contributed by atoms with Gasteiger partial charge in [0.25, 0.3) is 0 Å². The van der Waals surface area contributed by atoms with Crippen LogP contribution in [0, 0.1) is 5.92 Å². The minimum atomic E-state index is -0.768. The summed E-state index contributed by atoms with van der Waals surface area (Å²) in [7, 11) is 2.08. The Morgan fingerprint density at radius 1 is 1.29 bits per heavy atom. The molecule has 17 heavy (non-hydrogen) atoms. The van der Waals surface area contributed by atoms with Gasteiger partial charge in [0.1, 0.15) is 0 Å². The van der Waals surface area contributed by atoms with Gasteiger partial charge in [-0.2, -0.15) is 0 Å². The number of aliphatic carboxylic acids is 1. The van der Waals surface area contributed by atoms with E-state index in [1.54, 1.807) is 0 Å². The van der Waals surface area contributed by atoms with Crippen molar-refractivity contribution in [1.29, 1.82) is 0 Å². The van der Waals surface area contributed by atoms with Crippen LogP contribution in [0.3, 0.4) is 0 Å². The molecule has 96 valence electrons. The molecule has 1 unspecified atom stereocenters. The van der Waals surface area contributed by atoms with E-state index in [9.17, 15) is 9.59 Å². The molecule has 0 radical (unpaired) electrons. The Balaban J connectivity index is 1.98. The average molecular weight is 240 g/mol. The Morgan fingerprint density at radius 3 is 2.53 bits per heavy atom. The number of rotatable bonds is 2. The zero-order valence-corrected chi connectivity index (χ0v) is 10.3. The monoisotopic (exact) mass is 240 g/mol. The lowest BCUT2D eigenvalue weighted by Crippen LogP contribution is -2.51. The zero-order valence-electron chi connectivity index (χ0n) is 10.3. The minimum Gasteiger partial charge on any atom is -0.481 e. The molecule has 0 bridgehead atoms. The first-order valence-electron chi connectivity index (χ1n) is 6.28. The fraction of sp³-hybridized carbons (Fsp3) is 0.833. The summed E-state index contributed by atoms with van der Waals surface area (Å²) in [5.41, 5.74) is 0.